The summed E-state index contributed by atoms with van der Waals surface area (Å²) in [7, 11) is 0. The topological polar surface area (TPSA) is 41.6 Å². The zero-order valence-electron chi connectivity index (χ0n) is 23.2. The first-order valence-electron chi connectivity index (χ1n) is 14.0. The second kappa shape index (κ2) is 12.6. The summed E-state index contributed by atoms with van der Waals surface area (Å²) in [5, 5.41) is 4.23. The Labute approximate surface area is 236 Å². The zero-order valence-corrected chi connectivity index (χ0v) is 24.0. The summed E-state index contributed by atoms with van der Waals surface area (Å²) in [4.78, 5) is 17.1. The van der Waals surface area contributed by atoms with E-state index in [9.17, 15) is 4.79 Å². The third-order valence-corrected chi connectivity index (χ3v) is 9.00. The van der Waals surface area contributed by atoms with Crippen molar-refractivity contribution >= 4 is 22.2 Å². The summed E-state index contributed by atoms with van der Waals surface area (Å²) >= 11 is 1.68. The minimum atomic E-state index is -0.0647. The van der Waals surface area contributed by atoms with Crippen molar-refractivity contribution in [2.24, 2.45) is 5.92 Å². The highest BCUT2D eigenvalue weighted by Gasteiger charge is 2.32. The number of amides is 1. The van der Waals surface area contributed by atoms with Crippen molar-refractivity contribution < 1.29 is 9.53 Å². The van der Waals surface area contributed by atoms with E-state index in [1.54, 1.807) is 11.3 Å². The number of carbonyl (C=O) groups is 1. The van der Waals surface area contributed by atoms with Crippen LogP contribution in [0.25, 0.3) is 0 Å². The number of carbonyl (C=O) groups excluding carboxylic acids is 1. The molecule has 0 aliphatic carbocycles. The number of benzene rings is 3. The molecule has 0 unspecified atom stereocenters. The highest BCUT2D eigenvalue weighted by Crippen LogP contribution is 2.44. The maximum Gasteiger partial charge on any atom is 0.256 e. The van der Waals surface area contributed by atoms with Crippen molar-refractivity contribution in [2.45, 2.75) is 46.1 Å². The Hall–Kier alpha value is -3.41. The number of nitrogens with one attached hydrogen (secondary N) is 1. The minimum absolute atomic E-state index is 0.0642. The third-order valence-electron chi connectivity index (χ3n) is 7.86. The van der Waals surface area contributed by atoms with Crippen LogP contribution in [0, 0.1) is 19.8 Å². The average Bonchev–Trinajstić information content (AvgIpc) is 3.24. The number of ether oxygens (including phenoxy) is 1. The highest BCUT2D eigenvalue weighted by molar-refractivity contribution is 7.16. The van der Waals surface area contributed by atoms with Crippen molar-refractivity contribution in [3.63, 3.8) is 0 Å². The Kier molecular flexibility index (Phi) is 8.80. The summed E-state index contributed by atoms with van der Waals surface area (Å²) in [6, 6.07) is 28.9. The van der Waals surface area contributed by atoms with Crippen molar-refractivity contribution in [2.75, 3.05) is 25.0 Å². The number of aryl methyl sites for hydroxylation is 1. The second-order valence-electron chi connectivity index (χ2n) is 10.4. The van der Waals surface area contributed by atoms with Crippen LogP contribution in [0.2, 0.25) is 0 Å². The van der Waals surface area contributed by atoms with Gasteiger partial charge in [-0.05, 0) is 100.0 Å². The number of thiophene rings is 1. The predicted molar refractivity (Wildman–Crippen MR) is 162 cm³/mol. The molecular formula is C34H38N2O2S. The van der Waals surface area contributed by atoms with Gasteiger partial charge in [0.1, 0.15) is 10.8 Å². The van der Waals surface area contributed by atoms with Gasteiger partial charge in [0.15, 0.2) is 0 Å². The molecule has 0 radical (unpaired) electrons. The van der Waals surface area contributed by atoms with Gasteiger partial charge < -0.3 is 10.1 Å². The van der Waals surface area contributed by atoms with Crippen LogP contribution in [0.1, 0.15) is 63.3 Å². The van der Waals surface area contributed by atoms with Crippen molar-refractivity contribution in [3.8, 4) is 5.75 Å². The van der Waals surface area contributed by atoms with Gasteiger partial charge in [0.05, 0.1) is 12.6 Å². The molecule has 2 heterocycles. The van der Waals surface area contributed by atoms with E-state index in [2.05, 4.69) is 78.7 Å². The zero-order chi connectivity index (χ0) is 27.2. The normalized spacial score (nSPS) is 15.2. The lowest BCUT2D eigenvalue weighted by Crippen LogP contribution is -2.38. The quantitative estimate of drug-likeness (QED) is 0.234. The summed E-state index contributed by atoms with van der Waals surface area (Å²) in [5.74, 6) is 1.51. The molecular weight excluding hydrogens is 500 g/mol. The molecule has 0 spiro atoms. The van der Waals surface area contributed by atoms with E-state index in [0.29, 0.717) is 18.1 Å². The van der Waals surface area contributed by atoms with Crippen molar-refractivity contribution in [1.82, 2.24) is 4.90 Å². The van der Waals surface area contributed by atoms with Gasteiger partial charge >= 0.3 is 0 Å². The molecule has 1 saturated heterocycles. The van der Waals surface area contributed by atoms with Gasteiger partial charge in [0.2, 0.25) is 0 Å². The monoisotopic (exact) mass is 538 g/mol. The van der Waals surface area contributed by atoms with Crippen LogP contribution >= 0.6 is 11.3 Å². The van der Waals surface area contributed by atoms with E-state index in [0.717, 1.165) is 43.1 Å². The van der Waals surface area contributed by atoms with Crippen LogP contribution < -0.4 is 10.1 Å². The van der Waals surface area contributed by atoms with E-state index >= 15 is 0 Å². The molecule has 4 nitrogen and oxygen atoms in total. The lowest BCUT2D eigenvalue weighted by atomic mass is 9.87. The maximum absolute atomic E-state index is 13.2. The number of hydrogen-bond donors (Lipinski definition) is 1. The number of rotatable bonds is 9. The number of piperidine rings is 1. The van der Waals surface area contributed by atoms with Crippen LogP contribution in [0.5, 0.6) is 5.75 Å². The molecule has 3 aromatic carbocycles. The lowest BCUT2D eigenvalue weighted by molar-refractivity contribution is 0.102. The van der Waals surface area contributed by atoms with Crippen LogP contribution in [0.4, 0.5) is 5.00 Å². The summed E-state index contributed by atoms with van der Waals surface area (Å²) in [6.07, 6.45) is 3.46. The van der Waals surface area contributed by atoms with Crippen molar-refractivity contribution in [1.29, 1.82) is 0 Å². The molecule has 1 aliphatic rings. The first kappa shape index (κ1) is 27.2. The van der Waals surface area contributed by atoms with Crippen LogP contribution in [0.3, 0.4) is 0 Å². The molecule has 0 saturated carbocycles. The Morgan fingerprint density at radius 1 is 0.949 bits per heavy atom. The first-order chi connectivity index (χ1) is 19.0. The van der Waals surface area contributed by atoms with Gasteiger partial charge in [0, 0.05) is 16.0 Å². The van der Waals surface area contributed by atoms with E-state index in [1.807, 2.05) is 37.3 Å². The first-order valence-corrected chi connectivity index (χ1v) is 14.8. The minimum Gasteiger partial charge on any atom is -0.494 e. The molecule has 1 aliphatic heterocycles. The van der Waals surface area contributed by atoms with E-state index in [-0.39, 0.29) is 11.9 Å². The fraction of sp³-hybridized carbons (Fsp3) is 0.324. The van der Waals surface area contributed by atoms with Crippen LogP contribution in [-0.2, 0) is 6.42 Å². The molecule has 5 heteroatoms. The molecule has 1 N–H and O–H groups in total. The lowest BCUT2D eigenvalue weighted by Gasteiger charge is -2.38. The standard InChI is InChI=1S/C34H38N2O2S/c1-4-38-30-17-15-28(16-18-30)32(36-21-19-27(20-22-36)23-26-11-7-5-8-12-26)31-24(2)25(3)39-34(31)35-33(37)29-13-9-6-10-14-29/h5-18,27,32H,4,19-23H2,1-3H3,(H,35,37)/t32-/m1/s1. The van der Waals surface area contributed by atoms with Gasteiger partial charge in [0.25, 0.3) is 5.91 Å². The van der Waals surface area contributed by atoms with E-state index in [1.165, 1.54) is 27.1 Å². The molecule has 1 fully saturated rings. The van der Waals surface area contributed by atoms with Crippen LogP contribution in [0.15, 0.2) is 84.9 Å². The fourth-order valence-corrected chi connectivity index (χ4v) is 6.75. The highest BCUT2D eigenvalue weighted by atomic mass is 32.1. The fourth-order valence-electron chi connectivity index (χ4n) is 5.67. The number of nitrogens with zero attached hydrogens (tertiary/aromatic N) is 1. The molecule has 1 atom stereocenters. The Balaban J connectivity index is 1.45. The number of anilines is 1. The SMILES string of the molecule is CCOc1ccc([C@H](c2c(NC(=O)c3ccccc3)sc(C)c2C)N2CCC(Cc3ccccc3)CC2)cc1. The largest absolute Gasteiger partial charge is 0.494 e. The molecule has 202 valence electrons. The van der Waals surface area contributed by atoms with Gasteiger partial charge in [-0.3, -0.25) is 9.69 Å². The Morgan fingerprint density at radius 2 is 1.59 bits per heavy atom. The number of likely N-dealkylation sites (tertiary alicyclic amines) is 1. The third kappa shape index (κ3) is 6.43. The summed E-state index contributed by atoms with van der Waals surface area (Å²) in [5.41, 5.74) is 5.80. The van der Waals surface area contributed by atoms with Gasteiger partial charge in [-0.15, -0.1) is 11.3 Å². The summed E-state index contributed by atoms with van der Waals surface area (Å²) in [6.45, 7) is 9.06. The Bertz CT molecular complexity index is 1360. The smallest absolute Gasteiger partial charge is 0.256 e. The molecule has 5 rings (SSSR count). The van der Waals surface area contributed by atoms with Gasteiger partial charge in [-0.1, -0.05) is 60.7 Å². The molecule has 1 amide bonds. The van der Waals surface area contributed by atoms with E-state index in [4.69, 9.17) is 4.74 Å². The average molecular weight is 539 g/mol. The number of hydrogen-bond acceptors (Lipinski definition) is 4. The van der Waals surface area contributed by atoms with Gasteiger partial charge in [-0.25, -0.2) is 0 Å². The van der Waals surface area contributed by atoms with Crippen LogP contribution in [-0.4, -0.2) is 30.5 Å². The van der Waals surface area contributed by atoms with Crippen molar-refractivity contribution in [3.05, 3.63) is 118 Å². The molecule has 4 aromatic rings. The maximum atomic E-state index is 13.2. The summed E-state index contributed by atoms with van der Waals surface area (Å²) < 4.78 is 5.75. The predicted octanol–water partition coefficient (Wildman–Crippen LogP) is 8.06. The molecule has 1 aromatic heterocycles. The molecule has 0 bridgehead atoms. The second-order valence-corrected chi connectivity index (χ2v) is 11.6. The van der Waals surface area contributed by atoms with Gasteiger partial charge in [-0.2, -0.15) is 0 Å². The molecule has 39 heavy (non-hydrogen) atoms. The Morgan fingerprint density at radius 3 is 2.23 bits per heavy atom. The van der Waals surface area contributed by atoms with E-state index < -0.39 is 0 Å².